The molecular formula is C14H9Cl2FN2O4. The quantitative estimate of drug-likeness (QED) is 0.652. The highest BCUT2D eigenvalue weighted by Gasteiger charge is 2.17. The van der Waals surface area contributed by atoms with Crippen molar-refractivity contribution in [3.8, 4) is 5.75 Å². The van der Waals surface area contributed by atoms with Crippen LogP contribution in [0.5, 0.6) is 5.75 Å². The van der Waals surface area contributed by atoms with E-state index in [1.165, 1.54) is 25.3 Å². The van der Waals surface area contributed by atoms with Crippen LogP contribution in [0.2, 0.25) is 10.0 Å². The summed E-state index contributed by atoms with van der Waals surface area (Å²) in [5.41, 5.74) is -0.562. The van der Waals surface area contributed by atoms with Gasteiger partial charge in [0.1, 0.15) is 0 Å². The van der Waals surface area contributed by atoms with E-state index in [1.807, 2.05) is 0 Å². The lowest BCUT2D eigenvalue weighted by Gasteiger charge is -2.09. The number of carbonyl (C=O) groups excluding carboxylic acids is 1. The second kappa shape index (κ2) is 6.80. The first-order valence-electron chi connectivity index (χ1n) is 6.11. The van der Waals surface area contributed by atoms with Crippen molar-refractivity contribution in [2.45, 2.75) is 0 Å². The summed E-state index contributed by atoms with van der Waals surface area (Å²) in [5.74, 6) is -1.39. The van der Waals surface area contributed by atoms with E-state index >= 15 is 0 Å². The van der Waals surface area contributed by atoms with E-state index in [-0.39, 0.29) is 27.0 Å². The SMILES string of the molecule is COc1c(Cl)cc(C(=O)Nc2ccc(F)c([N+](=O)[O-])c2)cc1Cl. The number of hydrogen-bond donors (Lipinski definition) is 1. The minimum absolute atomic E-state index is 0.0613. The molecule has 0 saturated heterocycles. The molecule has 0 aliphatic heterocycles. The van der Waals surface area contributed by atoms with E-state index < -0.39 is 22.3 Å². The lowest BCUT2D eigenvalue weighted by Crippen LogP contribution is -2.12. The largest absolute Gasteiger partial charge is 0.494 e. The zero-order valence-electron chi connectivity index (χ0n) is 11.6. The fourth-order valence-electron chi connectivity index (χ4n) is 1.82. The maximum absolute atomic E-state index is 13.3. The summed E-state index contributed by atoms with van der Waals surface area (Å²) in [7, 11) is 1.38. The van der Waals surface area contributed by atoms with Crippen LogP contribution < -0.4 is 10.1 Å². The van der Waals surface area contributed by atoms with Crippen LogP contribution in [0.1, 0.15) is 10.4 Å². The molecule has 23 heavy (non-hydrogen) atoms. The Morgan fingerprint density at radius 2 is 1.87 bits per heavy atom. The molecule has 0 fully saturated rings. The molecular weight excluding hydrogens is 350 g/mol. The van der Waals surface area contributed by atoms with Crippen molar-refractivity contribution < 1.29 is 18.8 Å². The predicted octanol–water partition coefficient (Wildman–Crippen LogP) is 4.30. The molecule has 0 radical (unpaired) electrons. The van der Waals surface area contributed by atoms with Crippen molar-refractivity contribution in [2.75, 3.05) is 12.4 Å². The third kappa shape index (κ3) is 3.69. The van der Waals surface area contributed by atoms with E-state index in [4.69, 9.17) is 27.9 Å². The lowest BCUT2D eigenvalue weighted by molar-refractivity contribution is -0.387. The predicted molar refractivity (Wildman–Crippen MR) is 84.0 cm³/mol. The Morgan fingerprint density at radius 3 is 2.39 bits per heavy atom. The molecule has 0 aliphatic rings. The van der Waals surface area contributed by atoms with E-state index in [9.17, 15) is 19.3 Å². The molecule has 1 amide bonds. The van der Waals surface area contributed by atoms with Gasteiger partial charge < -0.3 is 10.1 Å². The molecule has 0 aliphatic carbocycles. The second-order valence-corrected chi connectivity index (χ2v) is 5.16. The maximum Gasteiger partial charge on any atom is 0.306 e. The average Bonchev–Trinajstić information content (AvgIpc) is 2.48. The third-order valence-corrected chi connectivity index (χ3v) is 3.43. The molecule has 0 bridgehead atoms. The summed E-state index contributed by atoms with van der Waals surface area (Å²) in [6.45, 7) is 0. The number of methoxy groups -OCH3 is 1. The van der Waals surface area contributed by atoms with Gasteiger partial charge in [-0.05, 0) is 24.3 Å². The van der Waals surface area contributed by atoms with E-state index in [1.54, 1.807) is 0 Å². The van der Waals surface area contributed by atoms with E-state index in [0.29, 0.717) is 0 Å². The molecule has 0 aromatic heterocycles. The smallest absolute Gasteiger partial charge is 0.306 e. The molecule has 120 valence electrons. The second-order valence-electron chi connectivity index (χ2n) is 4.35. The first-order valence-corrected chi connectivity index (χ1v) is 6.87. The maximum atomic E-state index is 13.3. The molecule has 1 N–H and O–H groups in total. The Balaban J connectivity index is 2.29. The molecule has 9 heteroatoms. The van der Waals surface area contributed by atoms with Crippen molar-refractivity contribution in [1.82, 2.24) is 0 Å². The summed E-state index contributed by atoms with van der Waals surface area (Å²) in [6.07, 6.45) is 0. The van der Waals surface area contributed by atoms with Crippen molar-refractivity contribution in [3.05, 3.63) is 61.9 Å². The minimum atomic E-state index is -0.997. The molecule has 0 saturated carbocycles. The number of rotatable bonds is 4. The van der Waals surface area contributed by atoms with E-state index in [0.717, 1.165) is 12.1 Å². The number of nitrogens with zero attached hydrogens (tertiary/aromatic N) is 1. The van der Waals surface area contributed by atoms with Gasteiger partial charge in [-0.1, -0.05) is 23.2 Å². The van der Waals surface area contributed by atoms with Crippen LogP contribution in [0.3, 0.4) is 0 Å². The molecule has 2 aromatic rings. The first kappa shape index (κ1) is 17.0. The number of benzene rings is 2. The summed E-state index contributed by atoms with van der Waals surface area (Å²) >= 11 is 11.9. The fourth-order valence-corrected chi connectivity index (χ4v) is 2.46. The highest BCUT2D eigenvalue weighted by molar-refractivity contribution is 6.37. The summed E-state index contributed by atoms with van der Waals surface area (Å²) in [5, 5.41) is 13.4. The highest BCUT2D eigenvalue weighted by Crippen LogP contribution is 2.34. The first-order chi connectivity index (χ1) is 10.8. The number of halogens is 3. The van der Waals surface area contributed by atoms with Crippen LogP contribution in [0.4, 0.5) is 15.8 Å². The summed E-state index contributed by atoms with van der Waals surface area (Å²) in [4.78, 5) is 22.0. The normalized spacial score (nSPS) is 10.3. The van der Waals surface area contributed by atoms with Gasteiger partial charge in [-0.15, -0.1) is 0 Å². The summed E-state index contributed by atoms with van der Waals surface area (Å²) < 4.78 is 18.2. The van der Waals surface area contributed by atoms with E-state index in [2.05, 4.69) is 5.32 Å². The Bertz CT molecular complexity index is 775. The van der Waals surface area contributed by atoms with Gasteiger partial charge in [-0.2, -0.15) is 4.39 Å². The zero-order chi connectivity index (χ0) is 17.1. The Kier molecular flexibility index (Phi) is 5.02. The van der Waals surface area contributed by atoms with Crippen LogP contribution in [0.25, 0.3) is 0 Å². The fraction of sp³-hybridized carbons (Fsp3) is 0.0714. The van der Waals surface area contributed by atoms with Crippen LogP contribution >= 0.6 is 23.2 Å². The lowest BCUT2D eigenvalue weighted by atomic mass is 10.2. The molecule has 0 heterocycles. The van der Waals surface area contributed by atoms with Crippen LogP contribution in [-0.4, -0.2) is 17.9 Å². The molecule has 0 spiro atoms. The van der Waals surface area contributed by atoms with Gasteiger partial charge in [0.25, 0.3) is 5.91 Å². The molecule has 2 aromatic carbocycles. The topological polar surface area (TPSA) is 81.5 Å². The van der Waals surface area contributed by atoms with Crippen LogP contribution in [-0.2, 0) is 0 Å². The minimum Gasteiger partial charge on any atom is -0.494 e. The third-order valence-electron chi connectivity index (χ3n) is 2.87. The molecule has 0 unspecified atom stereocenters. The number of carbonyl (C=O) groups is 1. The number of ether oxygens (including phenoxy) is 1. The zero-order valence-corrected chi connectivity index (χ0v) is 13.1. The van der Waals surface area contributed by atoms with Gasteiger partial charge in [0.15, 0.2) is 5.75 Å². The number of nitrogens with one attached hydrogen (secondary N) is 1. The number of amides is 1. The number of nitro groups is 1. The Hall–Kier alpha value is -2.38. The number of anilines is 1. The van der Waals surface area contributed by atoms with Crippen molar-refractivity contribution >= 4 is 40.5 Å². The van der Waals surface area contributed by atoms with Gasteiger partial charge >= 0.3 is 5.69 Å². The summed E-state index contributed by atoms with van der Waals surface area (Å²) in [6, 6.07) is 5.67. The molecule has 2 rings (SSSR count). The number of nitro benzene ring substituents is 1. The van der Waals surface area contributed by atoms with Crippen LogP contribution in [0.15, 0.2) is 30.3 Å². The van der Waals surface area contributed by atoms with Gasteiger partial charge in [0.05, 0.1) is 22.1 Å². The monoisotopic (exact) mass is 358 g/mol. The molecule has 6 nitrogen and oxygen atoms in total. The van der Waals surface area contributed by atoms with Crippen molar-refractivity contribution in [3.63, 3.8) is 0 Å². The van der Waals surface area contributed by atoms with Gasteiger partial charge in [0.2, 0.25) is 5.82 Å². The van der Waals surface area contributed by atoms with Crippen molar-refractivity contribution in [2.24, 2.45) is 0 Å². The van der Waals surface area contributed by atoms with Crippen LogP contribution in [0, 0.1) is 15.9 Å². The van der Waals surface area contributed by atoms with Gasteiger partial charge in [-0.25, -0.2) is 0 Å². The Labute approximate surface area is 139 Å². The standard InChI is InChI=1S/C14H9Cl2FN2O4/c1-23-13-9(15)4-7(5-10(13)16)14(20)18-8-2-3-11(17)12(6-8)19(21)22/h2-6H,1H3,(H,18,20). The Morgan fingerprint density at radius 1 is 1.26 bits per heavy atom. The molecule has 0 atom stereocenters. The average molecular weight is 359 g/mol. The van der Waals surface area contributed by atoms with Gasteiger partial charge in [0, 0.05) is 17.3 Å². The van der Waals surface area contributed by atoms with Crippen molar-refractivity contribution in [1.29, 1.82) is 0 Å². The van der Waals surface area contributed by atoms with Gasteiger partial charge in [-0.3, -0.25) is 14.9 Å². The number of hydrogen-bond acceptors (Lipinski definition) is 4. The highest BCUT2D eigenvalue weighted by atomic mass is 35.5.